The first-order chi connectivity index (χ1) is 5.36. The van der Waals surface area contributed by atoms with Gasteiger partial charge in [0.1, 0.15) is 0 Å². The zero-order valence-electron chi connectivity index (χ0n) is 6.14. The standard InChI is InChI=1S/C8H10INS/c9-8-4-6(5-11-8)7-2-1-3-10-7/h4-5,7,10H,1-3H2. The number of hydrogen-bond donors (Lipinski definition) is 1. The highest BCUT2D eigenvalue weighted by atomic mass is 127. The second-order valence-electron chi connectivity index (χ2n) is 2.83. The molecule has 2 heterocycles. The van der Waals surface area contributed by atoms with E-state index in [1.165, 1.54) is 27.8 Å². The fourth-order valence-corrected chi connectivity index (χ4v) is 2.90. The molecule has 1 aliphatic rings. The third-order valence-electron chi connectivity index (χ3n) is 2.05. The Balaban J connectivity index is 2.15. The number of halogens is 1. The molecule has 0 radical (unpaired) electrons. The zero-order chi connectivity index (χ0) is 7.68. The molecule has 0 bridgehead atoms. The third kappa shape index (κ3) is 1.76. The van der Waals surface area contributed by atoms with Crippen molar-refractivity contribution < 1.29 is 0 Å². The van der Waals surface area contributed by atoms with E-state index in [2.05, 4.69) is 39.4 Å². The van der Waals surface area contributed by atoms with E-state index in [9.17, 15) is 0 Å². The van der Waals surface area contributed by atoms with Gasteiger partial charge in [-0.15, -0.1) is 11.3 Å². The minimum atomic E-state index is 0.648. The van der Waals surface area contributed by atoms with E-state index in [0.29, 0.717) is 6.04 Å². The molecule has 1 unspecified atom stereocenters. The number of rotatable bonds is 1. The number of thiophene rings is 1. The maximum atomic E-state index is 3.49. The Bertz CT molecular complexity index is 240. The Morgan fingerprint density at radius 1 is 1.64 bits per heavy atom. The summed E-state index contributed by atoms with van der Waals surface area (Å²) in [7, 11) is 0. The predicted molar refractivity (Wildman–Crippen MR) is 57.0 cm³/mol. The van der Waals surface area contributed by atoms with Crippen LogP contribution in [0.25, 0.3) is 0 Å². The van der Waals surface area contributed by atoms with Crippen molar-refractivity contribution in [1.82, 2.24) is 5.32 Å². The fourth-order valence-electron chi connectivity index (χ4n) is 1.48. The molecule has 1 aromatic rings. The van der Waals surface area contributed by atoms with Crippen molar-refractivity contribution in [2.24, 2.45) is 0 Å². The summed E-state index contributed by atoms with van der Waals surface area (Å²) in [6, 6.07) is 2.93. The molecule has 0 amide bonds. The van der Waals surface area contributed by atoms with Crippen LogP contribution in [0.5, 0.6) is 0 Å². The lowest BCUT2D eigenvalue weighted by Crippen LogP contribution is -2.11. The van der Waals surface area contributed by atoms with Crippen molar-refractivity contribution in [3.05, 3.63) is 19.9 Å². The molecular formula is C8H10INS. The molecule has 1 N–H and O–H groups in total. The van der Waals surface area contributed by atoms with Crippen molar-refractivity contribution >= 4 is 33.9 Å². The molecule has 3 heteroatoms. The van der Waals surface area contributed by atoms with Crippen LogP contribution in [0.2, 0.25) is 0 Å². The second-order valence-corrected chi connectivity index (χ2v) is 5.64. The Kier molecular flexibility index (Phi) is 2.48. The van der Waals surface area contributed by atoms with E-state index in [1.54, 1.807) is 0 Å². The highest BCUT2D eigenvalue weighted by molar-refractivity contribution is 14.1. The molecule has 0 spiro atoms. The van der Waals surface area contributed by atoms with E-state index in [4.69, 9.17) is 0 Å². The van der Waals surface area contributed by atoms with Crippen LogP contribution in [0, 0.1) is 2.88 Å². The topological polar surface area (TPSA) is 12.0 Å². The van der Waals surface area contributed by atoms with Crippen molar-refractivity contribution in [2.75, 3.05) is 6.54 Å². The van der Waals surface area contributed by atoms with E-state index in [1.807, 2.05) is 11.3 Å². The van der Waals surface area contributed by atoms with Crippen molar-refractivity contribution in [3.8, 4) is 0 Å². The van der Waals surface area contributed by atoms with Gasteiger partial charge in [0.2, 0.25) is 0 Å². The van der Waals surface area contributed by atoms with Gasteiger partial charge in [-0.25, -0.2) is 0 Å². The van der Waals surface area contributed by atoms with Gasteiger partial charge in [0.05, 0.1) is 2.88 Å². The molecule has 2 rings (SSSR count). The molecule has 60 valence electrons. The van der Waals surface area contributed by atoms with E-state index in [0.717, 1.165) is 0 Å². The molecule has 1 atom stereocenters. The summed E-state index contributed by atoms with van der Waals surface area (Å²) in [6.07, 6.45) is 2.64. The first kappa shape index (κ1) is 8.01. The van der Waals surface area contributed by atoms with Gasteiger partial charge >= 0.3 is 0 Å². The minimum Gasteiger partial charge on any atom is -0.310 e. The van der Waals surface area contributed by atoms with Gasteiger partial charge in [-0.05, 0) is 59.0 Å². The van der Waals surface area contributed by atoms with Crippen molar-refractivity contribution in [3.63, 3.8) is 0 Å². The summed E-state index contributed by atoms with van der Waals surface area (Å²) in [6.45, 7) is 1.19. The van der Waals surface area contributed by atoms with E-state index < -0.39 is 0 Å². The van der Waals surface area contributed by atoms with Gasteiger partial charge < -0.3 is 5.32 Å². The Hall–Kier alpha value is 0.390. The molecule has 1 saturated heterocycles. The molecular weight excluding hydrogens is 269 g/mol. The summed E-state index contributed by atoms with van der Waals surface area (Å²) >= 11 is 4.22. The summed E-state index contributed by atoms with van der Waals surface area (Å²) in [5.41, 5.74) is 1.48. The van der Waals surface area contributed by atoms with Crippen LogP contribution in [-0.4, -0.2) is 6.54 Å². The maximum Gasteiger partial charge on any atom is 0.0656 e. The second kappa shape index (κ2) is 3.41. The van der Waals surface area contributed by atoms with Crippen molar-refractivity contribution in [1.29, 1.82) is 0 Å². The van der Waals surface area contributed by atoms with Crippen LogP contribution in [0.15, 0.2) is 11.4 Å². The minimum absolute atomic E-state index is 0.648. The molecule has 1 aliphatic heterocycles. The summed E-state index contributed by atoms with van der Waals surface area (Å²) in [5.74, 6) is 0. The van der Waals surface area contributed by atoms with Crippen LogP contribution >= 0.6 is 33.9 Å². The third-order valence-corrected chi connectivity index (χ3v) is 3.86. The van der Waals surface area contributed by atoms with Gasteiger partial charge in [0.25, 0.3) is 0 Å². The monoisotopic (exact) mass is 279 g/mol. The van der Waals surface area contributed by atoms with E-state index >= 15 is 0 Å². The van der Waals surface area contributed by atoms with Crippen LogP contribution in [0.4, 0.5) is 0 Å². The fraction of sp³-hybridized carbons (Fsp3) is 0.500. The highest BCUT2D eigenvalue weighted by Crippen LogP contribution is 2.27. The largest absolute Gasteiger partial charge is 0.310 e. The summed E-state index contributed by atoms with van der Waals surface area (Å²) in [4.78, 5) is 0. The normalized spacial score (nSPS) is 24.3. The summed E-state index contributed by atoms with van der Waals surface area (Å²) < 4.78 is 1.39. The first-order valence-electron chi connectivity index (χ1n) is 3.83. The SMILES string of the molecule is Ic1cc(C2CCCN2)cs1. The highest BCUT2D eigenvalue weighted by Gasteiger charge is 2.16. The van der Waals surface area contributed by atoms with Crippen molar-refractivity contribution in [2.45, 2.75) is 18.9 Å². The average Bonchev–Trinajstić information content (AvgIpc) is 2.55. The van der Waals surface area contributed by atoms with Gasteiger partial charge in [0.15, 0.2) is 0 Å². The lowest BCUT2D eigenvalue weighted by atomic mass is 10.1. The molecule has 0 aromatic carbocycles. The van der Waals surface area contributed by atoms with E-state index in [-0.39, 0.29) is 0 Å². The van der Waals surface area contributed by atoms with Gasteiger partial charge in [0, 0.05) is 6.04 Å². The number of hydrogen-bond acceptors (Lipinski definition) is 2. The molecule has 1 nitrogen and oxygen atoms in total. The van der Waals surface area contributed by atoms with Crippen LogP contribution in [0.3, 0.4) is 0 Å². The maximum absolute atomic E-state index is 3.49. The van der Waals surface area contributed by atoms with Crippen LogP contribution < -0.4 is 5.32 Å². The Labute approximate surface area is 84.3 Å². The lowest BCUT2D eigenvalue weighted by molar-refractivity contribution is 0.650. The molecule has 1 aromatic heterocycles. The molecule has 1 fully saturated rings. The molecule has 0 saturated carbocycles. The number of nitrogens with one attached hydrogen (secondary N) is 1. The Morgan fingerprint density at radius 3 is 3.09 bits per heavy atom. The van der Waals surface area contributed by atoms with Gasteiger partial charge in [-0.2, -0.15) is 0 Å². The Morgan fingerprint density at radius 2 is 2.55 bits per heavy atom. The van der Waals surface area contributed by atoms with Crippen LogP contribution in [0.1, 0.15) is 24.4 Å². The predicted octanol–water partition coefficient (Wildman–Crippen LogP) is 2.78. The van der Waals surface area contributed by atoms with Crippen LogP contribution in [-0.2, 0) is 0 Å². The quantitative estimate of drug-likeness (QED) is 0.779. The zero-order valence-corrected chi connectivity index (χ0v) is 9.11. The molecule has 11 heavy (non-hydrogen) atoms. The lowest BCUT2D eigenvalue weighted by Gasteiger charge is -2.05. The summed E-state index contributed by atoms with van der Waals surface area (Å²) in [5, 5.41) is 5.76. The average molecular weight is 279 g/mol. The smallest absolute Gasteiger partial charge is 0.0656 e. The van der Waals surface area contributed by atoms with Gasteiger partial charge in [-0.3, -0.25) is 0 Å². The van der Waals surface area contributed by atoms with Gasteiger partial charge in [-0.1, -0.05) is 0 Å². The first-order valence-corrected chi connectivity index (χ1v) is 5.79. The molecule has 0 aliphatic carbocycles.